The average molecular weight is 265 g/mol. The second-order valence-electron chi connectivity index (χ2n) is 5.67. The Balaban J connectivity index is 1.77. The number of hydrogen-bond acceptors (Lipinski definition) is 2. The van der Waals surface area contributed by atoms with Gasteiger partial charge in [-0.2, -0.15) is 0 Å². The van der Waals surface area contributed by atoms with E-state index in [2.05, 4.69) is 17.0 Å². The summed E-state index contributed by atoms with van der Waals surface area (Å²) in [5, 5.41) is 0.801. The topological polar surface area (TPSA) is 29.3 Å². The first-order chi connectivity index (χ1) is 8.78. The Morgan fingerprint density at radius 3 is 2.33 bits per heavy atom. The van der Waals surface area contributed by atoms with Crippen LogP contribution in [0.2, 0.25) is 5.02 Å². The van der Waals surface area contributed by atoms with Gasteiger partial charge >= 0.3 is 0 Å². The normalized spacial score (nSPS) is 21.3. The van der Waals surface area contributed by atoms with Gasteiger partial charge < -0.3 is 5.73 Å². The van der Waals surface area contributed by atoms with Crippen molar-refractivity contribution in [3.63, 3.8) is 0 Å². The van der Waals surface area contributed by atoms with Crippen molar-refractivity contribution in [2.45, 2.75) is 37.8 Å². The minimum absolute atomic E-state index is 0.371. The van der Waals surface area contributed by atoms with Gasteiger partial charge in [0, 0.05) is 30.2 Å². The summed E-state index contributed by atoms with van der Waals surface area (Å²) in [6.45, 7) is 1.93. The number of rotatable bonds is 6. The molecule has 2 saturated carbocycles. The van der Waals surface area contributed by atoms with E-state index < -0.39 is 0 Å². The van der Waals surface area contributed by atoms with E-state index in [1.807, 2.05) is 12.1 Å². The lowest BCUT2D eigenvalue weighted by Crippen LogP contribution is -2.37. The molecule has 0 spiro atoms. The first kappa shape index (κ1) is 12.5. The molecule has 0 radical (unpaired) electrons. The van der Waals surface area contributed by atoms with Gasteiger partial charge in [-0.1, -0.05) is 23.7 Å². The van der Waals surface area contributed by atoms with Gasteiger partial charge in [-0.3, -0.25) is 4.90 Å². The summed E-state index contributed by atoms with van der Waals surface area (Å²) in [7, 11) is 0. The molecule has 2 nitrogen and oxygen atoms in total. The lowest BCUT2D eigenvalue weighted by molar-refractivity contribution is 0.183. The summed E-state index contributed by atoms with van der Waals surface area (Å²) in [4.78, 5) is 2.64. The zero-order chi connectivity index (χ0) is 12.5. The maximum absolute atomic E-state index is 6.03. The highest BCUT2D eigenvalue weighted by molar-refractivity contribution is 6.30. The monoisotopic (exact) mass is 264 g/mol. The molecule has 0 aliphatic heterocycles. The molecule has 18 heavy (non-hydrogen) atoms. The molecule has 0 bridgehead atoms. The molecule has 0 heterocycles. The predicted octanol–water partition coefficient (Wildman–Crippen LogP) is 3.21. The zero-order valence-corrected chi connectivity index (χ0v) is 11.4. The van der Waals surface area contributed by atoms with Crippen LogP contribution in [-0.2, 0) is 0 Å². The van der Waals surface area contributed by atoms with Crippen LogP contribution in [0.4, 0.5) is 0 Å². The van der Waals surface area contributed by atoms with Crippen molar-refractivity contribution < 1.29 is 0 Å². The quantitative estimate of drug-likeness (QED) is 0.855. The second-order valence-corrected chi connectivity index (χ2v) is 6.11. The summed E-state index contributed by atoms with van der Waals surface area (Å²) in [5.74, 6) is 0.923. The van der Waals surface area contributed by atoms with Gasteiger partial charge in [0.2, 0.25) is 0 Å². The fraction of sp³-hybridized carbons (Fsp3) is 0.600. The SMILES string of the molecule is NCC(c1ccc(Cl)cc1)N(CC1CC1)C1CC1. The van der Waals surface area contributed by atoms with Gasteiger partial charge in [0.1, 0.15) is 0 Å². The number of nitrogens with zero attached hydrogens (tertiary/aromatic N) is 1. The van der Waals surface area contributed by atoms with Gasteiger partial charge in [0.15, 0.2) is 0 Å². The predicted molar refractivity (Wildman–Crippen MR) is 75.7 cm³/mol. The molecule has 0 amide bonds. The van der Waals surface area contributed by atoms with Crippen molar-refractivity contribution in [3.8, 4) is 0 Å². The maximum atomic E-state index is 6.03. The van der Waals surface area contributed by atoms with Crippen LogP contribution in [0, 0.1) is 5.92 Å². The Labute approximate surface area is 114 Å². The van der Waals surface area contributed by atoms with Crippen molar-refractivity contribution in [2.75, 3.05) is 13.1 Å². The molecule has 3 rings (SSSR count). The number of benzene rings is 1. The van der Waals surface area contributed by atoms with Crippen LogP contribution < -0.4 is 5.73 Å². The average Bonchev–Trinajstić information content (AvgIpc) is 3.25. The first-order valence-electron chi connectivity index (χ1n) is 6.99. The molecule has 0 saturated heterocycles. The Morgan fingerprint density at radius 2 is 1.83 bits per heavy atom. The Hall–Kier alpha value is -0.570. The van der Waals surface area contributed by atoms with Crippen LogP contribution in [0.15, 0.2) is 24.3 Å². The van der Waals surface area contributed by atoms with E-state index in [1.54, 1.807) is 0 Å². The van der Waals surface area contributed by atoms with Crippen molar-refractivity contribution in [1.29, 1.82) is 0 Å². The van der Waals surface area contributed by atoms with E-state index >= 15 is 0 Å². The molecule has 0 aromatic heterocycles. The molecular formula is C15H21ClN2. The van der Waals surface area contributed by atoms with Gasteiger partial charge in [0.05, 0.1) is 0 Å². The summed E-state index contributed by atoms with van der Waals surface area (Å²) < 4.78 is 0. The van der Waals surface area contributed by atoms with Crippen LogP contribution in [0.1, 0.15) is 37.3 Å². The van der Waals surface area contributed by atoms with E-state index in [1.165, 1.54) is 37.8 Å². The highest BCUT2D eigenvalue weighted by Gasteiger charge is 2.37. The standard InChI is InChI=1S/C15H21ClN2/c16-13-5-3-12(4-6-13)15(9-17)18(14-7-8-14)10-11-1-2-11/h3-6,11,14-15H,1-2,7-10,17H2. The fourth-order valence-electron chi connectivity index (χ4n) is 2.68. The maximum Gasteiger partial charge on any atom is 0.0473 e. The highest BCUT2D eigenvalue weighted by atomic mass is 35.5. The lowest BCUT2D eigenvalue weighted by atomic mass is 10.0. The number of nitrogens with two attached hydrogens (primary N) is 1. The molecule has 3 heteroatoms. The van der Waals surface area contributed by atoms with Crippen LogP contribution in [0.3, 0.4) is 0 Å². The van der Waals surface area contributed by atoms with Crippen molar-refractivity contribution in [2.24, 2.45) is 11.7 Å². The van der Waals surface area contributed by atoms with Gasteiger partial charge in [0.25, 0.3) is 0 Å². The molecule has 1 aromatic carbocycles. The third-order valence-electron chi connectivity index (χ3n) is 4.06. The van der Waals surface area contributed by atoms with Gasteiger partial charge in [-0.05, 0) is 49.3 Å². The first-order valence-corrected chi connectivity index (χ1v) is 7.37. The molecule has 98 valence electrons. The minimum Gasteiger partial charge on any atom is -0.329 e. The number of hydrogen-bond donors (Lipinski definition) is 1. The van der Waals surface area contributed by atoms with E-state index in [4.69, 9.17) is 17.3 Å². The van der Waals surface area contributed by atoms with Crippen molar-refractivity contribution >= 4 is 11.6 Å². The highest BCUT2D eigenvalue weighted by Crippen LogP contribution is 2.39. The lowest BCUT2D eigenvalue weighted by Gasteiger charge is -2.31. The summed E-state index contributed by atoms with van der Waals surface area (Å²) in [6, 6.07) is 9.35. The molecule has 2 N–H and O–H groups in total. The Morgan fingerprint density at radius 1 is 1.17 bits per heavy atom. The van der Waals surface area contributed by atoms with Crippen LogP contribution in [0.5, 0.6) is 0 Å². The zero-order valence-electron chi connectivity index (χ0n) is 10.7. The van der Waals surface area contributed by atoms with Gasteiger partial charge in [-0.25, -0.2) is 0 Å². The Bertz CT molecular complexity index is 395. The van der Waals surface area contributed by atoms with Crippen LogP contribution >= 0.6 is 11.6 Å². The van der Waals surface area contributed by atoms with E-state index in [9.17, 15) is 0 Å². The second kappa shape index (κ2) is 5.20. The minimum atomic E-state index is 0.371. The van der Waals surface area contributed by atoms with Crippen molar-refractivity contribution in [3.05, 3.63) is 34.9 Å². The van der Waals surface area contributed by atoms with Crippen molar-refractivity contribution in [1.82, 2.24) is 4.90 Å². The molecule has 1 atom stereocenters. The summed E-state index contributed by atoms with van der Waals surface area (Å²) in [5.41, 5.74) is 7.35. The Kier molecular flexibility index (Phi) is 3.60. The van der Waals surface area contributed by atoms with E-state index in [-0.39, 0.29) is 0 Å². The molecular weight excluding hydrogens is 244 g/mol. The molecule has 2 fully saturated rings. The van der Waals surface area contributed by atoms with Crippen LogP contribution in [-0.4, -0.2) is 24.0 Å². The number of halogens is 1. The third kappa shape index (κ3) is 2.87. The van der Waals surface area contributed by atoms with E-state index in [0.717, 1.165) is 17.0 Å². The molecule has 1 unspecified atom stereocenters. The fourth-order valence-corrected chi connectivity index (χ4v) is 2.81. The molecule has 2 aliphatic rings. The molecule has 1 aromatic rings. The smallest absolute Gasteiger partial charge is 0.0473 e. The summed E-state index contributed by atoms with van der Waals surface area (Å²) >= 11 is 5.96. The van der Waals surface area contributed by atoms with Crippen LogP contribution in [0.25, 0.3) is 0 Å². The third-order valence-corrected chi connectivity index (χ3v) is 4.31. The molecule has 2 aliphatic carbocycles. The van der Waals surface area contributed by atoms with Gasteiger partial charge in [-0.15, -0.1) is 0 Å². The largest absolute Gasteiger partial charge is 0.329 e. The summed E-state index contributed by atoms with van der Waals surface area (Å²) in [6.07, 6.45) is 5.50. The van der Waals surface area contributed by atoms with E-state index in [0.29, 0.717) is 12.6 Å².